The Hall–Kier alpha value is -5.00. The first-order chi connectivity index (χ1) is 24.3. The summed E-state index contributed by atoms with van der Waals surface area (Å²) in [6.45, 7) is 3.75. The standard InChI is InChI=1S/C39H38N4O5S2/c1-25(2)33(42-39(47)48-23-27-16-8-4-9-17-27)37(46)43-32(24-49-38(43)28-18-10-5-11-19-28)41-35(45)29(22-26-14-6-3-7-15-26)34(44)36-40-30-20-12-13-21-31(30)50-36/h3-21,25,29,32-33,38H,22-24H2,1-2H3,(H,41,45)(H,42,47)/t29-,32+,33-,38+/m0/s1. The number of nitrogens with one attached hydrogen (secondary N) is 2. The minimum absolute atomic E-state index is 0.0576. The van der Waals surface area contributed by atoms with E-state index in [0.717, 1.165) is 21.4 Å². The van der Waals surface area contributed by atoms with E-state index in [4.69, 9.17) is 4.74 Å². The first kappa shape index (κ1) is 34.8. The van der Waals surface area contributed by atoms with E-state index in [1.807, 2.05) is 129 Å². The van der Waals surface area contributed by atoms with Crippen LogP contribution in [-0.2, 0) is 27.4 Å². The molecular weight excluding hydrogens is 669 g/mol. The Morgan fingerprint density at radius 3 is 2.12 bits per heavy atom. The lowest BCUT2D eigenvalue weighted by Gasteiger charge is -2.35. The smallest absolute Gasteiger partial charge is 0.408 e. The lowest BCUT2D eigenvalue weighted by molar-refractivity contribution is -0.138. The third-order valence-electron chi connectivity index (χ3n) is 8.49. The van der Waals surface area contributed by atoms with Gasteiger partial charge in [-0.25, -0.2) is 9.78 Å². The van der Waals surface area contributed by atoms with Crippen molar-refractivity contribution in [2.24, 2.45) is 11.8 Å². The van der Waals surface area contributed by atoms with E-state index < -0.39 is 35.5 Å². The number of rotatable bonds is 12. The molecule has 1 aliphatic rings. The fourth-order valence-electron chi connectivity index (χ4n) is 5.87. The molecule has 4 aromatic carbocycles. The molecule has 2 heterocycles. The first-order valence-electron chi connectivity index (χ1n) is 16.5. The topological polar surface area (TPSA) is 118 Å². The van der Waals surface area contributed by atoms with Crippen molar-refractivity contribution in [1.29, 1.82) is 0 Å². The second-order valence-electron chi connectivity index (χ2n) is 12.4. The number of aromatic nitrogens is 1. The highest BCUT2D eigenvalue weighted by Crippen LogP contribution is 2.41. The van der Waals surface area contributed by atoms with Crippen LogP contribution in [0.15, 0.2) is 115 Å². The van der Waals surface area contributed by atoms with Crippen molar-refractivity contribution in [3.63, 3.8) is 0 Å². The molecule has 1 aliphatic heterocycles. The van der Waals surface area contributed by atoms with E-state index in [-0.39, 0.29) is 35.6 Å². The number of carbonyl (C=O) groups is 4. The number of para-hydroxylation sites is 1. The van der Waals surface area contributed by atoms with Crippen molar-refractivity contribution in [3.05, 3.63) is 137 Å². The second kappa shape index (κ2) is 16.1. The van der Waals surface area contributed by atoms with Gasteiger partial charge in [0.2, 0.25) is 17.6 Å². The summed E-state index contributed by atoms with van der Waals surface area (Å²) in [5.74, 6) is -2.23. The van der Waals surface area contributed by atoms with Gasteiger partial charge in [-0.2, -0.15) is 0 Å². The largest absolute Gasteiger partial charge is 0.445 e. The van der Waals surface area contributed by atoms with Crippen molar-refractivity contribution in [2.75, 3.05) is 5.75 Å². The van der Waals surface area contributed by atoms with Crippen LogP contribution in [0, 0.1) is 11.8 Å². The summed E-state index contributed by atoms with van der Waals surface area (Å²) < 4.78 is 6.32. The van der Waals surface area contributed by atoms with E-state index in [9.17, 15) is 19.2 Å². The molecule has 4 atom stereocenters. The first-order valence-corrected chi connectivity index (χ1v) is 18.3. The number of ketones is 1. The van der Waals surface area contributed by atoms with Crippen LogP contribution in [0.25, 0.3) is 10.2 Å². The maximum atomic E-state index is 14.5. The molecule has 9 nitrogen and oxygen atoms in total. The minimum Gasteiger partial charge on any atom is -0.445 e. The van der Waals surface area contributed by atoms with Gasteiger partial charge in [0.25, 0.3) is 0 Å². The summed E-state index contributed by atoms with van der Waals surface area (Å²) in [7, 11) is 0. The van der Waals surface area contributed by atoms with Gasteiger partial charge in [-0.3, -0.25) is 14.4 Å². The summed E-state index contributed by atoms with van der Waals surface area (Å²) in [5.41, 5.74) is 3.23. The molecule has 3 amide bonds. The molecule has 1 fully saturated rings. The Labute approximate surface area is 299 Å². The summed E-state index contributed by atoms with van der Waals surface area (Å²) in [4.78, 5) is 62.0. The van der Waals surface area contributed by atoms with Crippen molar-refractivity contribution < 1.29 is 23.9 Å². The molecule has 0 saturated carbocycles. The number of thiazole rings is 1. The van der Waals surface area contributed by atoms with Gasteiger partial charge in [0.15, 0.2) is 5.01 Å². The molecule has 0 radical (unpaired) electrons. The van der Waals surface area contributed by atoms with Gasteiger partial charge in [-0.1, -0.05) is 117 Å². The van der Waals surface area contributed by atoms with Gasteiger partial charge in [0.05, 0.1) is 10.2 Å². The average Bonchev–Trinajstić information content (AvgIpc) is 3.77. The third kappa shape index (κ3) is 8.23. The molecule has 0 spiro atoms. The Bertz CT molecular complexity index is 1900. The van der Waals surface area contributed by atoms with Gasteiger partial charge < -0.3 is 20.3 Å². The fourth-order valence-corrected chi connectivity index (χ4v) is 8.20. The molecule has 5 aromatic rings. The Morgan fingerprint density at radius 2 is 1.46 bits per heavy atom. The van der Waals surface area contributed by atoms with E-state index in [0.29, 0.717) is 11.3 Å². The third-order valence-corrected chi connectivity index (χ3v) is 10.9. The normalized spacial score (nSPS) is 16.9. The van der Waals surface area contributed by atoms with Gasteiger partial charge in [-0.05, 0) is 41.2 Å². The summed E-state index contributed by atoms with van der Waals surface area (Å²) in [5, 5.41) is 5.67. The van der Waals surface area contributed by atoms with Crippen molar-refractivity contribution in [1.82, 2.24) is 20.5 Å². The quantitative estimate of drug-likeness (QED) is 0.106. The Morgan fingerprint density at radius 1 is 0.840 bits per heavy atom. The molecule has 0 unspecified atom stereocenters. The number of thioether (sulfide) groups is 1. The van der Waals surface area contributed by atoms with Crippen LogP contribution in [-0.4, -0.2) is 51.5 Å². The van der Waals surface area contributed by atoms with Gasteiger partial charge in [0, 0.05) is 5.75 Å². The zero-order chi connectivity index (χ0) is 35.0. The number of nitrogens with zero attached hydrogens (tertiary/aromatic N) is 2. The summed E-state index contributed by atoms with van der Waals surface area (Å²) in [6.07, 6.45) is -1.30. The van der Waals surface area contributed by atoms with Gasteiger partial charge in [-0.15, -0.1) is 23.1 Å². The van der Waals surface area contributed by atoms with Crippen LogP contribution < -0.4 is 10.6 Å². The monoisotopic (exact) mass is 706 g/mol. The number of amides is 3. The molecule has 11 heteroatoms. The van der Waals surface area contributed by atoms with Gasteiger partial charge in [0.1, 0.15) is 30.1 Å². The predicted octanol–water partition coefficient (Wildman–Crippen LogP) is 7.01. The highest BCUT2D eigenvalue weighted by molar-refractivity contribution is 7.99. The van der Waals surface area contributed by atoms with Crippen LogP contribution in [0.1, 0.15) is 45.7 Å². The predicted molar refractivity (Wildman–Crippen MR) is 196 cm³/mol. The number of fused-ring (bicyclic) bond motifs is 1. The molecule has 0 bridgehead atoms. The van der Waals surface area contributed by atoms with Crippen LogP contribution in [0.3, 0.4) is 0 Å². The second-order valence-corrected chi connectivity index (χ2v) is 14.5. The molecule has 256 valence electrons. The zero-order valence-corrected chi connectivity index (χ0v) is 29.4. The van der Waals surface area contributed by atoms with E-state index in [2.05, 4.69) is 15.6 Å². The highest BCUT2D eigenvalue weighted by atomic mass is 32.2. The number of hydrogen-bond acceptors (Lipinski definition) is 8. The lowest BCUT2D eigenvalue weighted by Crippen LogP contribution is -2.58. The number of alkyl carbamates (subject to hydrolysis) is 1. The fraction of sp³-hybridized carbons (Fsp3) is 0.256. The van der Waals surface area contributed by atoms with Crippen molar-refractivity contribution in [2.45, 2.75) is 44.5 Å². The Balaban J connectivity index is 1.26. The van der Waals surface area contributed by atoms with E-state index in [1.54, 1.807) is 4.90 Å². The maximum Gasteiger partial charge on any atom is 0.408 e. The summed E-state index contributed by atoms with van der Waals surface area (Å²) >= 11 is 2.77. The number of benzene rings is 4. The maximum absolute atomic E-state index is 14.5. The van der Waals surface area contributed by atoms with Crippen LogP contribution in [0.4, 0.5) is 4.79 Å². The molecule has 50 heavy (non-hydrogen) atoms. The molecule has 2 N–H and O–H groups in total. The van der Waals surface area contributed by atoms with Crippen molar-refractivity contribution in [3.8, 4) is 0 Å². The van der Waals surface area contributed by atoms with Crippen LogP contribution >= 0.6 is 23.1 Å². The molecule has 1 saturated heterocycles. The van der Waals surface area contributed by atoms with Crippen molar-refractivity contribution >= 4 is 57.0 Å². The van der Waals surface area contributed by atoms with E-state index >= 15 is 0 Å². The average molecular weight is 707 g/mol. The molecule has 1 aromatic heterocycles. The SMILES string of the molecule is CC(C)[C@H](NC(=O)OCc1ccccc1)C(=O)N1[C@@H](NC(=O)[C@@H](Cc2ccccc2)C(=O)c2nc3ccccc3s2)CS[C@@H]1c1ccccc1. The zero-order valence-electron chi connectivity index (χ0n) is 27.7. The lowest BCUT2D eigenvalue weighted by atomic mass is 9.94. The highest BCUT2D eigenvalue weighted by Gasteiger charge is 2.44. The van der Waals surface area contributed by atoms with Crippen LogP contribution in [0.5, 0.6) is 0 Å². The van der Waals surface area contributed by atoms with Crippen LogP contribution in [0.2, 0.25) is 0 Å². The minimum atomic E-state index is -1.08. The number of hydrogen-bond donors (Lipinski definition) is 2. The molecular formula is C39H38N4O5S2. The Kier molecular flexibility index (Phi) is 11.2. The molecule has 0 aliphatic carbocycles. The number of ether oxygens (including phenoxy) is 1. The summed E-state index contributed by atoms with van der Waals surface area (Å²) in [6, 6.07) is 34.8. The number of carbonyl (C=O) groups excluding carboxylic acids is 4. The molecule has 6 rings (SSSR count). The van der Waals surface area contributed by atoms with Gasteiger partial charge >= 0.3 is 6.09 Å². The van der Waals surface area contributed by atoms with E-state index in [1.165, 1.54) is 23.1 Å². The number of Topliss-reactive ketones (excluding diaryl/α,β-unsaturated/α-hetero) is 1.